The quantitative estimate of drug-likeness (QED) is 0.411. The molecular formula is C23H22N2OS. The predicted molar refractivity (Wildman–Crippen MR) is 113 cm³/mol. The van der Waals surface area contributed by atoms with Gasteiger partial charge in [0.25, 0.3) is 0 Å². The van der Waals surface area contributed by atoms with Gasteiger partial charge in [0.15, 0.2) is 0 Å². The molecule has 0 N–H and O–H groups in total. The third-order valence-electron chi connectivity index (χ3n) is 4.69. The molecule has 0 fully saturated rings. The number of anilines is 1. The molecule has 2 aromatic carbocycles. The van der Waals surface area contributed by atoms with E-state index >= 15 is 0 Å². The lowest BCUT2D eigenvalue weighted by molar-refractivity contribution is 0.539. The van der Waals surface area contributed by atoms with Gasteiger partial charge in [-0.25, -0.2) is 4.98 Å². The lowest BCUT2D eigenvalue weighted by Gasteiger charge is -2.19. The number of oxazole rings is 1. The first-order valence-corrected chi connectivity index (χ1v) is 9.95. The number of likely N-dealkylation sites (N-methyl/N-ethyl adjacent to an activating group) is 1. The lowest BCUT2D eigenvalue weighted by Crippen LogP contribution is -2.20. The molecule has 0 unspecified atom stereocenters. The molecule has 3 nitrogen and oxygen atoms in total. The van der Waals surface area contributed by atoms with Crippen molar-refractivity contribution in [1.29, 1.82) is 0 Å². The van der Waals surface area contributed by atoms with Crippen molar-refractivity contribution < 1.29 is 4.42 Å². The van der Waals surface area contributed by atoms with Crippen LogP contribution in [0.2, 0.25) is 0 Å². The minimum Gasteiger partial charge on any atom is -0.441 e. The fourth-order valence-corrected chi connectivity index (χ4v) is 3.83. The topological polar surface area (TPSA) is 29.3 Å². The summed E-state index contributed by atoms with van der Waals surface area (Å²) in [4.78, 5) is 8.28. The van der Waals surface area contributed by atoms with Crippen LogP contribution in [0.1, 0.15) is 11.5 Å². The number of aryl methyl sites for hydroxylation is 1. The van der Waals surface area contributed by atoms with Gasteiger partial charge in [0, 0.05) is 36.1 Å². The first-order valence-electron chi connectivity index (χ1n) is 9.07. The number of aromatic nitrogens is 1. The molecule has 4 rings (SSSR count). The highest BCUT2D eigenvalue weighted by Gasteiger charge is 2.12. The number of rotatable bonds is 6. The standard InChI is InChI=1S/C23H22N2OS/c1-17-21(24-23(26-17)18-8-4-3-5-9-18)13-14-25(2)20-11-6-10-19(16-20)22-12-7-15-27-22/h3-12,15-16H,13-14H2,1-2H3. The molecule has 0 spiro atoms. The minimum atomic E-state index is 0.699. The highest BCUT2D eigenvalue weighted by molar-refractivity contribution is 7.13. The summed E-state index contributed by atoms with van der Waals surface area (Å²) in [5, 5.41) is 2.11. The molecule has 0 aliphatic carbocycles. The Bertz CT molecular complexity index is 1010. The van der Waals surface area contributed by atoms with Gasteiger partial charge in [0.2, 0.25) is 5.89 Å². The van der Waals surface area contributed by atoms with E-state index in [0.29, 0.717) is 5.89 Å². The summed E-state index contributed by atoms with van der Waals surface area (Å²) in [6.07, 6.45) is 0.849. The number of benzene rings is 2. The van der Waals surface area contributed by atoms with E-state index in [1.54, 1.807) is 11.3 Å². The Morgan fingerprint density at radius 1 is 0.963 bits per heavy atom. The van der Waals surface area contributed by atoms with Gasteiger partial charge in [-0.2, -0.15) is 0 Å². The molecular weight excluding hydrogens is 352 g/mol. The molecule has 0 aliphatic rings. The molecule has 0 saturated heterocycles. The number of nitrogens with zero attached hydrogens (tertiary/aromatic N) is 2. The van der Waals surface area contributed by atoms with E-state index in [1.807, 2.05) is 37.3 Å². The van der Waals surface area contributed by atoms with Gasteiger partial charge >= 0.3 is 0 Å². The van der Waals surface area contributed by atoms with Crippen LogP contribution in [0.25, 0.3) is 21.9 Å². The zero-order valence-electron chi connectivity index (χ0n) is 15.6. The zero-order valence-corrected chi connectivity index (χ0v) is 16.4. The second kappa shape index (κ2) is 7.80. The van der Waals surface area contributed by atoms with Crippen LogP contribution in [0, 0.1) is 6.92 Å². The molecule has 0 bridgehead atoms. The van der Waals surface area contributed by atoms with E-state index in [9.17, 15) is 0 Å². The highest BCUT2D eigenvalue weighted by Crippen LogP contribution is 2.28. The van der Waals surface area contributed by atoms with E-state index in [-0.39, 0.29) is 0 Å². The maximum atomic E-state index is 5.88. The van der Waals surface area contributed by atoms with Crippen LogP contribution in [-0.4, -0.2) is 18.6 Å². The minimum absolute atomic E-state index is 0.699. The second-order valence-corrected chi connectivity index (χ2v) is 7.53. The Morgan fingerprint density at radius 2 is 1.78 bits per heavy atom. The Hall–Kier alpha value is -2.85. The first-order chi connectivity index (χ1) is 13.2. The highest BCUT2D eigenvalue weighted by atomic mass is 32.1. The molecule has 27 heavy (non-hydrogen) atoms. The van der Waals surface area contributed by atoms with Gasteiger partial charge in [0.1, 0.15) is 5.76 Å². The smallest absolute Gasteiger partial charge is 0.226 e. The van der Waals surface area contributed by atoms with Gasteiger partial charge in [-0.15, -0.1) is 11.3 Å². The normalized spacial score (nSPS) is 10.9. The Kier molecular flexibility index (Phi) is 5.07. The van der Waals surface area contributed by atoms with Crippen LogP contribution in [0.4, 0.5) is 5.69 Å². The summed E-state index contributed by atoms with van der Waals surface area (Å²) in [5.74, 6) is 1.60. The van der Waals surface area contributed by atoms with E-state index in [4.69, 9.17) is 9.40 Å². The van der Waals surface area contributed by atoms with Crippen molar-refractivity contribution in [2.75, 3.05) is 18.5 Å². The zero-order chi connectivity index (χ0) is 18.6. The molecule has 4 aromatic rings. The number of hydrogen-bond acceptors (Lipinski definition) is 4. The molecule has 136 valence electrons. The van der Waals surface area contributed by atoms with Crippen LogP contribution in [0.5, 0.6) is 0 Å². The average molecular weight is 375 g/mol. The van der Waals surface area contributed by atoms with Crippen LogP contribution in [-0.2, 0) is 6.42 Å². The molecule has 0 aliphatic heterocycles. The molecule has 4 heteroatoms. The monoisotopic (exact) mass is 374 g/mol. The largest absolute Gasteiger partial charge is 0.441 e. The summed E-state index contributed by atoms with van der Waals surface area (Å²) in [5.41, 5.74) is 4.52. The maximum absolute atomic E-state index is 5.88. The Labute approximate surface area is 163 Å². The van der Waals surface area contributed by atoms with Crippen molar-refractivity contribution in [3.8, 4) is 21.9 Å². The van der Waals surface area contributed by atoms with E-state index in [0.717, 1.165) is 30.0 Å². The SMILES string of the molecule is Cc1oc(-c2ccccc2)nc1CCN(C)c1cccc(-c2cccs2)c1. The van der Waals surface area contributed by atoms with Crippen molar-refractivity contribution in [2.24, 2.45) is 0 Å². The second-order valence-electron chi connectivity index (χ2n) is 6.59. The summed E-state index contributed by atoms with van der Waals surface area (Å²) in [6.45, 7) is 2.88. The summed E-state index contributed by atoms with van der Waals surface area (Å²) < 4.78 is 5.88. The first kappa shape index (κ1) is 17.6. The Balaban J connectivity index is 1.46. The molecule has 2 heterocycles. The van der Waals surface area contributed by atoms with Gasteiger partial charge in [-0.3, -0.25) is 0 Å². The van der Waals surface area contributed by atoms with E-state index in [1.165, 1.54) is 16.1 Å². The maximum Gasteiger partial charge on any atom is 0.226 e. The van der Waals surface area contributed by atoms with Crippen molar-refractivity contribution >= 4 is 17.0 Å². The molecule has 0 saturated carbocycles. The van der Waals surface area contributed by atoms with Crippen molar-refractivity contribution in [1.82, 2.24) is 4.98 Å². The van der Waals surface area contributed by atoms with Crippen LogP contribution in [0.3, 0.4) is 0 Å². The molecule has 0 radical (unpaired) electrons. The van der Waals surface area contributed by atoms with Gasteiger partial charge in [0.05, 0.1) is 5.69 Å². The van der Waals surface area contributed by atoms with E-state index < -0.39 is 0 Å². The summed E-state index contributed by atoms with van der Waals surface area (Å²) in [7, 11) is 2.13. The third-order valence-corrected chi connectivity index (χ3v) is 5.61. The van der Waals surface area contributed by atoms with E-state index in [2.05, 4.69) is 53.7 Å². The fraction of sp³-hybridized carbons (Fsp3) is 0.174. The van der Waals surface area contributed by atoms with Crippen molar-refractivity contribution in [2.45, 2.75) is 13.3 Å². The van der Waals surface area contributed by atoms with Crippen molar-refractivity contribution in [3.63, 3.8) is 0 Å². The van der Waals surface area contributed by atoms with Gasteiger partial charge in [-0.05, 0) is 48.2 Å². The molecule has 0 amide bonds. The summed E-state index contributed by atoms with van der Waals surface area (Å²) in [6, 6.07) is 23.0. The Morgan fingerprint density at radius 3 is 2.56 bits per heavy atom. The average Bonchev–Trinajstić information content (AvgIpc) is 3.37. The number of thiophene rings is 1. The van der Waals surface area contributed by atoms with Gasteiger partial charge in [-0.1, -0.05) is 36.4 Å². The third kappa shape index (κ3) is 3.96. The van der Waals surface area contributed by atoms with Crippen molar-refractivity contribution in [3.05, 3.63) is 83.6 Å². The van der Waals surface area contributed by atoms with Crippen LogP contribution >= 0.6 is 11.3 Å². The number of hydrogen-bond donors (Lipinski definition) is 0. The van der Waals surface area contributed by atoms with Crippen LogP contribution < -0.4 is 4.90 Å². The fourth-order valence-electron chi connectivity index (χ4n) is 3.11. The summed E-state index contributed by atoms with van der Waals surface area (Å²) >= 11 is 1.77. The lowest BCUT2D eigenvalue weighted by atomic mass is 10.1. The van der Waals surface area contributed by atoms with Gasteiger partial charge < -0.3 is 9.32 Å². The molecule has 0 atom stereocenters. The molecule has 2 aromatic heterocycles. The predicted octanol–water partition coefficient (Wildman–Crippen LogP) is 6.06. The van der Waals surface area contributed by atoms with Crippen LogP contribution in [0.15, 0.2) is 76.5 Å².